The van der Waals surface area contributed by atoms with Crippen LogP contribution in [0.1, 0.15) is 5.69 Å². The second-order valence-corrected chi connectivity index (χ2v) is 3.86. The fourth-order valence-corrected chi connectivity index (χ4v) is 1.74. The molecule has 9 heteroatoms. The molecule has 0 bridgehead atoms. The van der Waals surface area contributed by atoms with Gasteiger partial charge in [0.1, 0.15) is 13.0 Å². The molecular formula is C8H9ClN3O4S+. The van der Waals surface area contributed by atoms with E-state index >= 15 is 0 Å². The third-order valence-corrected chi connectivity index (χ3v) is 2.59. The fraction of sp³-hybridized carbons (Fsp3) is 0.250. The average molecular weight is 279 g/mol. The van der Waals surface area contributed by atoms with Gasteiger partial charge < -0.3 is 9.94 Å². The summed E-state index contributed by atoms with van der Waals surface area (Å²) < 4.78 is 0. The van der Waals surface area contributed by atoms with Crippen LogP contribution in [0, 0.1) is 0 Å². The second kappa shape index (κ2) is 6.16. The molecule has 0 aliphatic carbocycles. The van der Waals surface area contributed by atoms with Gasteiger partial charge in [0.05, 0.1) is 0 Å². The van der Waals surface area contributed by atoms with Crippen LogP contribution >= 0.6 is 22.9 Å². The van der Waals surface area contributed by atoms with E-state index in [1.165, 1.54) is 12.5 Å². The summed E-state index contributed by atoms with van der Waals surface area (Å²) in [5.41, 5.74) is -0.0515. The van der Waals surface area contributed by atoms with Crippen LogP contribution in [0.4, 0.5) is 5.13 Å². The van der Waals surface area contributed by atoms with E-state index in [1.807, 2.05) is 0 Å². The topological polar surface area (TPSA) is 102 Å². The highest BCUT2D eigenvalue weighted by atomic mass is 35.5. The molecule has 7 nitrogen and oxygen atoms in total. The summed E-state index contributed by atoms with van der Waals surface area (Å²) in [5, 5.41) is 16.5. The number of thiazole rings is 1. The molecule has 92 valence electrons. The Morgan fingerprint density at radius 1 is 1.71 bits per heavy atom. The Bertz CT molecular complexity index is 459. The minimum absolute atomic E-state index is 0.182. The van der Waals surface area contributed by atoms with Crippen LogP contribution in [0.25, 0.3) is 0 Å². The SMILES string of the molecule is CON=C(C(=O)O)c1csc(NC(=O)CCl)[nH+]1. The molecule has 0 fully saturated rings. The summed E-state index contributed by atoms with van der Waals surface area (Å²) >= 11 is 6.43. The number of carbonyl (C=O) groups excluding carboxylic acids is 1. The maximum Gasteiger partial charge on any atom is 0.362 e. The predicted octanol–water partition coefficient (Wildman–Crippen LogP) is 0.175. The smallest absolute Gasteiger partial charge is 0.362 e. The number of aromatic nitrogens is 1. The van der Waals surface area contributed by atoms with E-state index in [0.717, 1.165) is 11.3 Å². The highest BCUT2D eigenvalue weighted by molar-refractivity contribution is 7.13. The van der Waals surface area contributed by atoms with Gasteiger partial charge in [0.15, 0.2) is 5.69 Å². The van der Waals surface area contributed by atoms with Crippen molar-refractivity contribution in [3.8, 4) is 0 Å². The lowest BCUT2D eigenvalue weighted by Crippen LogP contribution is -2.25. The fourth-order valence-electron chi connectivity index (χ4n) is 0.930. The Kier molecular flexibility index (Phi) is 4.85. The number of carboxylic acid groups (broad SMARTS) is 1. The highest BCUT2D eigenvalue weighted by Crippen LogP contribution is 2.11. The molecule has 0 spiro atoms. The number of carboxylic acids is 1. The van der Waals surface area contributed by atoms with Crippen LogP contribution in [0.15, 0.2) is 10.5 Å². The van der Waals surface area contributed by atoms with E-state index in [2.05, 4.69) is 20.3 Å². The molecule has 0 radical (unpaired) electrons. The van der Waals surface area contributed by atoms with Crippen molar-refractivity contribution in [2.75, 3.05) is 18.3 Å². The number of hydrogen-bond acceptors (Lipinski definition) is 5. The van der Waals surface area contributed by atoms with Gasteiger partial charge in [-0.1, -0.05) is 16.5 Å². The first-order valence-electron chi connectivity index (χ1n) is 4.30. The van der Waals surface area contributed by atoms with Gasteiger partial charge in [-0.05, 0) is 0 Å². The van der Waals surface area contributed by atoms with Gasteiger partial charge in [-0.15, -0.1) is 11.6 Å². The van der Waals surface area contributed by atoms with Crippen LogP contribution in [-0.2, 0) is 14.4 Å². The van der Waals surface area contributed by atoms with Crippen LogP contribution in [0.2, 0.25) is 0 Å². The average Bonchev–Trinajstić information content (AvgIpc) is 2.73. The Morgan fingerprint density at radius 2 is 2.41 bits per heavy atom. The van der Waals surface area contributed by atoms with Gasteiger partial charge in [0.25, 0.3) is 0 Å². The maximum absolute atomic E-state index is 11.0. The van der Waals surface area contributed by atoms with Gasteiger partial charge >= 0.3 is 17.0 Å². The van der Waals surface area contributed by atoms with Gasteiger partial charge in [0, 0.05) is 5.38 Å². The first-order chi connectivity index (χ1) is 8.08. The number of oxime groups is 1. The summed E-state index contributed by atoms with van der Waals surface area (Å²) in [6, 6.07) is 0. The number of amides is 1. The van der Waals surface area contributed by atoms with Crippen molar-refractivity contribution < 1.29 is 24.5 Å². The van der Waals surface area contributed by atoms with E-state index in [9.17, 15) is 9.59 Å². The Hall–Kier alpha value is -1.67. The zero-order valence-corrected chi connectivity index (χ0v) is 10.3. The normalized spacial score (nSPS) is 11.1. The number of carbonyl (C=O) groups is 2. The van der Waals surface area contributed by atoms with Crippen molar-refractivity contribution in [2.45, 2.75) is 0 Å². The third-order valence-electron chi connectivity index (χ3n) is 1.56. The minimum atomic E-state index is -1.24. The van der Waals surface area contributed by atoms with E-state index in [-0.39, 0.29) is 17.3 Å². The summed E-state index contributed by atoms with van der Waals surface area (Å²) in [6.07, 6.45) is 0. The highest BCUT2D eigenvalue weighted by Gasteiger charge is 2.21. The van der Waals surface area contributed by atoms with Gasteiger partial charge in [0.2, 0.25) is 5.71 Å². The number of aromatic amines is 1. The Balaban J connectivity index is 2.89. The third kappa shape index (κ3) is 3.68. The number of H-pyrrole nitrogens is 1. The Labute approximate surface area is 105 Å². The molecule has 3 N–H and O–H groups in total. The molecule has 0 aliphatic rings. The van der Waals surface area contributed by atoms with Gasteiger partial charge in [-0.25, -0.2) is 14.6 Å². The predicted molar refractivity (Wildman–Crippen MR) is 61.4 cm³/mol. The van der Waals surface area contributed by atoms with E-state index in [4.69, 9.17) is 16.7 Å². The largest absolute Gasteiger partial charge is 0.476 e. The van der Waals surface area contributed by atoms with E-state index in [1.54, 1.807) is 0 Å². The lowest BCUT2D eigenvalue weighted by atomic mass is 10.3. The van der Waals surface area contributed by atoms with Crippen LogP contribution < -0.4 is 10.3 Å². The molecule has 1 heterocycles. The van der Waals surface area contributed by atoms with Gasteiger partial charge in [-0.3, -0.25) is 0 Å². The molecule has 0 unspecified atom stereocenters. The molecule has 1 amide bonds. The van der Waals surface area contributed by atoms with E-state index < -0.39 is 11.9 Å². The Morgan fingerprint density at radius 3 is 2.94 bits per heavy atom. The van der Waals surface area contributed by atoms with Crippen molar-refractivity contribution in [1.82, 2.24) is 0 Å². The molecule has 0 aromatic carbocycles. The lowest BCUT2D eigenvalue weighted by molar-refractivity contribution is -0.356. The zero-order valence-electron chi connectivity index (χ0n) is 8.69. The number of rotatable bonds is 5. The molecule has 0 saturated carbocycles. The molecule has 0 saturated heterocycles. The van der Waals surface area contributed by atoms with Crippen LogP contribution in [-0.4, -0.2) is 35.7 Å². The summed E-state index contributed by atoms with van der Waals surface area (Å²) in [6.45, 7) is 0. The molecule has 1 aromatic rings. The zero-order chi connectivity index (χ0) is 12.8. The quantitative estimate of drug-likeness (QED) is 0.455. The van der Waals surface area contributed by atoms with Crippen molar-refractivity contribution in [3.05, 3.63) is 11.1 Å². The van der Waals surface area contributed by atoms with Crippen molar-refractivity contribution in [3.63, 3.8) is 0 Å². The van der Waals surface area contributed by atoms with Crippen LogP contribution in [0.5, 0.6) is 0 Å². The van der Waals surface area contributed by atoms with Crippen molar-refractivity contribution in [1.29, 1.82) is 0 Å². The molecule has 0 aliphatic heterocycles. The van der Waals surface area contributed by atoms with Crippen molar-refractivity contribution >= 4 is 45.7 Å². The number of anilines is 1. The molecular weight excluding hydrogens is 270 g/mol. The maximum atomic E-state index is 11.0. The number of nitrogens with zero attached hydrogens (tertiary/aromatic N) is 1. The summed E-state index contributed by atoms with van der Waals surface area (Å²) in [5.74, 6) is -1.81. The molecule has 1 rings (SSSR count). The molecule has 17 heavy (non-hydrogen) atoms. The van der Waals surface area contributed by atoms with E-state index in [0.29, 0.717) is 5.13 Å². The van der Waals surface area contributed by atoms with Crippen LogP contribution in [0.3, 0.4) is 0 Å². The lowest BCUT2D eigenvalue weighted by Gasteiger charge is -1.93. The van der Waals surface area contributed by atoms with Crippen molar-refractivity contribution in [2.24, 2.45) is 5.16 Å². The number of nitrogens with one attached hydrogen (secondary N) is 2. The summed E-state index contributed by atoms with van der Waals surface area (Å²) in [4.78, 5) is 28.9. The standard InChI is InChI=1S/C8H8ClN3O4S/c1-16-12-6(7(14)15)4-3-17-8(10-4)11-5(13)2-9/h3H,2H2,1H3,(H,14,15)(H,10,11,13)/p+1. The monoisotopic (exact) mass is 278 g/mol. The number of hydrogen-bond donors (Lipinski definition) is 2. The second-order valence-electron chi connectivity index (χ2n) is 2.71. The molecule has 1 aromatic heterocycles. The number of halogens is 1. The minimum Gasteiger partial charge on any atom is -0.476 e. The first-order valence-corrected chi connectivity index (χ1v) is 5.71. The number of alkyl halides is 1. The first kappa shape index (κ1) is 13.4. The van der Waals surface area contributed by atoms with Gasteiger partial charge in [-0.2, -0.15) is 5.32 Å². The number of aliphatic carboxylic acids is 1. The molecule has 0 atom stereocenters. The summed E-state index contributed by atoms with van der Waals surface area (Å²) in [7, 11) is 1.24.